The number of carboxylic acids is 1. The van der Waals surface area contributed by atoms with Crippen molar-refractivity contribution in [2.75, 3.05) is 6.61 Å². The molecule has 3 N–H and O–H groups in total. The minimum Gasteiger partial charge on any atom is -0.480 e. The van der Waals surface area contributed by atoms with Crippen LogP contribution in [-0.4, -0.2) is 34.7 Å². The molecule has 0 aliphatic rings. The first kappa shape index (κ1) is 22.9. The summed E-state index contributed by atoms with van der Waals surface area (Å²) in [6, 6.07) is -1.18. The normalized spacial score (nSPS) is 12.1. The molecule has 0 aromatic carbocycles. The summed E-state index contributed by atoms with van der Waals surface area (Å²) in [5.74, 6) is -1.49. The molecule has 142 valence electrons. The zero-order chi connectivity index (χ0) is 18.0. The molecule has 0 heterocycles. The first-order chi connectivity index (χ1) is 11.6. The topological polar surface area (TPSA) is 86.6 Å². The first-order valence-corrected chi connectivity index (χ1v) is 9.74. The standard InChI is InChI=1S/C19H37NO4/c1-2-3-4-5-6-7-8-9-10-11-12-13-14-15-18(22)20-17(16-21)19(23)24/h17,21H,2-16H2,1H3,(H,20,22)(H,23,24). The second-order valence-corrected chi connectivity index (χ2v) is 6.63. The molecule has 0 fully saturated rings. The third-order valence-corrected chi connectivity index (χ3v) is 4.32. The van der Waals surface area contributed by atoms with Gasteiger partial charge in [0.1, 0.15) is 6.04 Å². The van der Waals surface area contributed by atoms with Crippen LogP contribution in [0.3, 0.4) is 0 Å². The van der Waals surface area contributed by atoms with Gasteiger partial charge in [0.05, 0.1) is 6.61 Å². The van der Waals surface area contributed by atoms with Crippen LogP contribution in [0.1, 0.15) is 96.8 Å². The highest BCUT2D eigenvalue weighted by atomic mass is 16.4. The van der Waals surface area contributed by atoms with Crippen LogP contribution in [0.15, 0.2) is 0 Å². The molecule has 24 heavy (non-hydrogen) atoms. The van der Waals surface area contributed by atoms with Gasteiger partial charge in [0.25, 0.3) is 0 Å². The van der Waals surface area contributed by atoms with Crippen molar-refractivity contribution in [3.63, 3.8) is 0 Å². The Morgan fingerprint density at radius 3 is 1.58 bits per heavy atom. The Hall–Kier alpha value is -1.10. The molecule has 0 aromatic heterocycles. The molecular weight excluding hydrogens is 306 g/mol. The Morgan fingerprint density at radius 2 is 1.21 bits per heavy atom. The number of nitrogens with one attached hydrogen (secondary N) is 1. The number of carbonyl (C=O) groups excluding carboxylic acids is 1. The Kier molecular flexibility index (Phi) is 16.0. The van der Waals surface area contributed by atoms with E-state index >= 15 is 0 Å². The molecule has 0 spiro atoms. The van der Waals surface area contributed by atoms with Gasteiger partial charge in [-0.1, -0.05) is 84.0 Å². The maximum absolute atomic E-state index is 11.5. The van der Waals surface area contributed by atoms with Crippen molar-refractivity contribution in [3.8, 4) is 0 Å². The van der Waals surface area contributed by atoms with Crippen LogP contribution in [0.5, 0.6) is 0 Å². The number of unbranched alkanes of at least 4 members (excludes halogenated alkanes) is 12. The van der Waals surface area contributed by atoms with Gasteiger partial charge in [0, 0.05) is 6.42 Å². The maximum atomic E-state index is 11.5. The Bertz CT molecular complexity index is 320. The van der Waals surface area contributed by atoms with E-state index in [0.29, 0.717) is 6.42 Å². The fraction of sp³-hybridized carbons (Fsp3) is 0.895. The van der Waals surface area contributed by atoms with Crippen LogP contribution in [0.4, 0.5) is 0 Å². The third kappa shape index (κ3) is 14.5. The summed E-state index contributed by atoms with van der Waals surface area (Å²) in [5, 5.41) is 19.9. The molecule has 0 aliphatic carbocycles. The molecule has 1 atom stereocenters. The largest absolute Gasteiger partial charge is 0.480 e. The minimum atomic E-state index is -1.20. The zero-order valence-corrected chi connectivity index (χ0v) is 15.4. The summed E-state index contributed by atoms with van der Waals surface area (Å²) in [6.07, 6.45) is 16.6. The van der Waals surface area contributed by atoms with Gasteiger partial charge in [-0.25, -0.2) is 4.79 Å². The Balaban J connectivity index is 3.30. The highest BCUT2D eigenvalue weighted by Crippen LogP contribution is 2.12. The molecule has 0 aromatic rings. The van der Waals surface area contributed by atoms with Crippen molar-refractivity contribution in [1.29, 1.82) is 0 Å². The van der Waals surface area contributed by atoms with E-state index in [0.717, 1.165) is 19.3 Å². The highest BCUT2D eigenvalue weighted by Gasteiger charge is 2.17. The summed E-state index contributed by atoms with van der Waals surface area (Å²) >= 11 is 0. The van der Waals surface area contributed by atoms with E-state index in [9.17, 15) is 9.59 Å². The smallest absolute Gasteiger partial charge is 0.328 e. The number of amides is 1. The van der Waals surface area contributed by atoms with Crippen molar-refractivity contribution >= 4 is 11.9 Å². The predicted molar refractivity (Wildman–Crippen MR) is 97.0 cm³/mol. The minimum absolute atomic E-state index is 0.292. The lowest BCUT2D eigenvalue weighted by Gasteiger charge is -2.11. The van der Waals surface area contributed by atoms with Crippen molar-refractivity contribution in [2.24, 2.45) is 0 Å². The second-order valence-electron chi connectivity index (χ2n) is 6.63. The summed E-state index contributed by atoms with van der Waals surface area (Å²) < 4.78 is 0. The van der Waals surface area contributed by atoms with E-state index in [-0.39, 0.29) is 5.91 Å². The van der Waals surface area contributed by atoms with Crippen LogP contribution in [0.25, 0.3) is 0 Å². The molecule has 0 radical (unpaired) electrons. The molecule has 0 saturated heterocycles. The Labute approximate surface area is 147 Å². The summed E-state index contributed by atoms with van der Waals surface area (Å²) in [4.78, 5) is 22.2. The SMILES string of the molecule is CCCCCCCCCCCCCCCC(=O)NC(CO)C(=O)O. The molecule has 1 unspecified atom stereocenters. The maximum Gasteiger partial charge on any atom is 0.328 e. The second kappa shape index (κ2) is 16.7. The van der Waals surface area contributed by atoms with Gasteiger partial charge in [-0.2, -0.15) is 0 Å². The van der Waals surface area contributed by atoms with Gasteiger partial charge < -0.3 is 15.5 Å². The third-order valence-electron chi connectivity index (χ3n) is 4.32. The van der Waals surface area contributed by atoms with Gasteiger partial charge in [0.2, 0.25) is 5.91 Å². The first-order valence-electron chi connectivity index (χ1n) is 9.74. The summed E-state index contributed by atoms with van der Waals surface area (Å²) in [7, 11) is 0. The molecular formula is C19H37NO4. The number of aliphatic carboxylic acids is 1. The molecule has 0 bridgehead atoms. The average Bonchev–Trinajstić information content (AvgIpc) is 2.56. The lowest BCUT2D eigenvalue weighted by Crippen LogP contribution is -2.43. The number of aliphatic hydroxyl groups excluding tert-OH is 1. The van der Waals surface area contributed by atoms with Crippen LogP contribution in [-0.2, 0) is 9.59 Å². The van der Waals surface area contributed by atoms with Gasteiger partial charge >= 0.3 is 5.97 Å². The summed E-state index contributed by atoms with van der Waals surface area (Å²) in [5.41, 5.74) is 0. The fourth-order valence-corrected chi connectivity index (χ4v) is 2.76. The van der Waals surface area contributed by atoms with Crippen molar-refractivity contribution in [1.82, 2.24) is 5.32 Å². The summed E-state index contributed by atoms with van der Waals surface area (Å²) in [6.45, 7) is 1.67. The zero-order valence-electron chi connectivity index (χ0n) is 15.4. The molecule has 0 aliphatic heterocycles. The van der Waals surface area contributed by atoms with Crippen LogP contribution < -0.4 is 5.32 Å². The van der Waals surface area contributed by atoms with E-state index in [4.69, 9.17) is 10.2 Å². The van der Waals surface area contributed by atoms with E-state index in [1.165, 1.54) is 64.2 Å². The highest BCUT2D eigenvalue weighted by molar-refractivity contribution is 5.83. The molecule has 5 nitrogen and oxygen atoms in total. The number of carbonyl (C=O) groups is 2. The number of rotatable bonds is 17. The Morgan fingerprint density at radius 1 is 0.792 bits per heavy atom. The number of hydrogen-bond donors (Lipinski definition) is 3. The average molecular weight is 344 g/mol. The molecule has 5 heteroatoms. The molecule has 0 saturated carbocycles. The van der Waals surface area contributed by atoms with Crippen molar-refractivity contribution in [2.45, 2.75) is 103 Å². The van der Waals surface area contributed by atoms with E-state index in [2.05, 4.69) is 12.2 Å². The van der Waals surface area contributed by atoms with Crippen LogP contribution in [0, 0.1) is 0 Å². The van der Waals surface area contributed by atoms with Crippen LogP contribution >= 0.6 is 0 Å². The number of aliphatic hydroxyl groups is 1. The molecule has 0 rings (SSSR count). The van der Waals surface area contributed by atoms with E-state index < -0.39 is 18.6 Å². The van der Waals surface area contributed by atoms with Gasteiger partial charge in [-0.05, 0) is 6.42 Å². The quantitative estimate of drug-likeness (QED) is 0.348. The lowest BCUT2D eigenvalue weighted by atomic mass is 10.0. The lowest BCUT2D eigenvalue weighted by molar-refractivity contribution is -0.142. The fourth-order valence-electron chi connectivity index (χ4n) is 2.76. The van der Waals surface area contributed by atoms with Gasteiger partial charge in [-0.3, -0.25) is 4.79 Å². The van der Waals surface area contributed by atoms with Crippen LogP contribution in [0.2, 0.25) is 0 Å². The molecule has 1 amide bonds. The van der Waals surface area contributed by atoms with Gasteiger partial charge in [-0.15, -0.1) is 0 Å². The van der Waals surface area contributed by atoms with E-state index in [1.807, 2.05) is 0 Å². The van der Waals surface area contributed by atoms with Crippen molar-refractivity contribution in [3.05, 3.63) is 0 Å². The monoisotopic (exact) mass is 343 g/mol. The number of hydrogen-bond acceptors (Lipinski definition) is 3. The predicted octanol–water partition coefficient (Wildman–Crippen LogP) is 4.03. The number of carboxylic acid groups (broad SMARTS) is 1. The van der Waals surface area contributed by atoms with E-state index in [1.54, 1.807) is 0 Å². The van der Waals surface area contributed by atoms with Crippen molar-refractivity contribution < 1.29 is 19.8 Å². The van der Waals surface area contributed by atoms with Gasteiger partial charge in [0.15, 0.2) is 0 Å².